The molecule has 0 aliphatic rings. The number of aliphatic hydroxyl groups is 1. The number of aliphatic hydroxyl groups excluding tert-OH is 1. The highest BCUT2D eigenvalue weighted by Crippen LogP contribution is 2.29. The Hall–Kier alpha value is -3.85. The maximum absolute atomic E-state index is 13.4. The van der Waals surface area contributed by atoms with E-state index in [-0.39, 0.29) is 17.5 Å². The fraction of sp³-hybridized carbons (Fsp3) is 0.240. The molecule has 0 saturated carbocycles. The Balaban J connectivity index is 1.83. The highest BCUT2D eigenvalue weighted by atomic mass is 19.1. The lowest BCUT2D eigenvalue weighted by molar-refractivity contribution is -0.124. The molecule has 0 aliphatic heterocycles. The quantitative estimate of drug-likeness (QED) is 0.416. The molecule has 0 bridgehead atoms. The van der Waals surface area contributed by atoms with Crippen LogP contribution < -0.4 is 16.0 Å². The number of aryl methyl sites for hydroxylation is 1. The normalized spacial score (nSPS) is 11.8. The standard InChI is InChI=1S/C25H26F2N4O3/c1-13(2)30-24(33)21-10-16(12-29-23(21)28-4)20-6-5-19(7-14(20)3)31-25(34)22(32)15-8-17(26)11-18(27)9-15/h5-13,22,32H,1-4H3,(H,28,29)(H,30,33)(H,31,34)/t22-/m0/s1. The number of carbonyl (C=O) groups excluding carboxylic acids is 2. The first-order valence-corrected chi connectivity index (χ1v) is 10.6. The van der Waals surface area contributed by atoms with Gasteiger partial charge in [0.1, 0.15) is 17.5 Å². The number of carbonyl (C=O) groups is 2. The molecule has 1 heterocycles. The van der Waals surface area contributed by atoms with E-state index in [1.165, 1.54) is 0 Å². The van der Waals surface area contributed by atoms with Crippen LogP contribution >= 0.6 is 0 Å². The number of benzene rings is 2. The van der Waals surface area contributed by atoms with Crippen LogP contribution in [-0.4, -0.2) is 35.0 Å². The summed E-state index contributed by atoms with van der Waals surface area (Å²) >= 11 is 0. The molecule has 34 heavy (non-hydrogen) atoms. The number of pyridine rings is 1. The first kappa shape index (κ1) is 24.8. The number of amides is 2. The smallest absolute Gasteiger partial charge is 0.257 e. The molecule has 7 nitrogen and oxygen atoms in total. The number of rotatable bonds is 7. The molecule has 4 N–H and O–H groups in total. The molecule has 0 fully saturated rings. The second kappa shape index (κ2) is 10.4. The number of halogens is 2. The van der Waals surface area contributed by atoms with E-state index in [2.05, 4.69) is 20.9 Å². The van der Waals surface area contributed by atoms with E-state index >= 15 is 0 Å². The Kier molecular flexibility index (Phi) is 7.57. The molecule has 178 valence electrons. The van der Waals surface area contributed by atoms with Crippen LogP contribution in [0.2, 0.25) is 0 Å². The lowest BCUT2D eigenvalue weighted by Crippen LogP contribution is -2.30. The average molecular weight is 469 g/mol. The summed E-state index contributed by atoms with van der Waals surface area (Å²) < 4.78 is 26.8. The SMILES string of the molecule is CNc1ncc(-c2ccc(NC(=O)[C@@H](O)c3cc(F)cc(F)c3)cc2C)cc1C(=O)NC(C)C. The monoisotopic (exact) mass is 468 g/mol. The summed E-state index contributed by atoms with van der Waals surface area (Å²) in [4.78, 5) is 29.4. The summed E-state index contributed by atoms with van der Waals surface area (Å²) in [6, 6.07) is 9.22. The highest BCUT2D eigenvalue weighted by molar-refractivity contribution is 6.00. The molecule has 2 aromatic carbocycles. The number of anilines is 2. The molecule has 0 aliphatic carbocycles. The first-order chi connectivity index (χ1) is 16.1. The van der Waals surface area contributed by atoms with Gasteiger partial charge in [0.2, 0.25) is 0 Å². The van der Waals surface area contributed by atoms with E-state index in [1.807, 2.05) is 20.8 Å². The van der Waals surface area contributed by atoms with Crippen LogP contribution in [0.25, 0.3) is 11.1 Å². The molecule has 0 saturated heterocycles. The van der Waals surface area contributed by atoms with Gasteiger partial charge < -0.3 is 21.1 Å². The van der Waals surface area contributed by atoms with Crippen molar-refractivity contribution < 1.29 is 23.5 Å². The predicted molar refractivity (Wildman–Crippen MR) is 127 cm³/mol. The fourth-order valence-corrected chi connectivity index (χ4v) is 3.48. The van der Waals surface area contributed by atoms with Gasteiger partial charge in [-0.3, -0.25) is 9.59 Å². The summed E-state index contributed by atoms with van der Waals surface area (Å²) in [6.07, 6.45) is -0.105. The number of nitrogens with zero attached hydrogens (tertiary/aromatic N) is 1. The second-order valence-corrected chi connectivity index (χ2v) is 8.12. The zero-order chi connectivity index (χ0) is 25.0. The van der Waals surface area contributed by atoms with Gasteiger partial charge in [-0.15, -0.1) is 0 Å². The summed E-state index contributed by atoms with van der Waals surface area (Å²) in [5, 5.41) is 18.5. The summed E-state index contributed by atoms with van der Waals surface area (Å²) in [7, 11) is 1.68. The van der Waals surface area contributed by atoms with Crippen LogP contribution in [0, 0.1) is 18.6 Å². The fourth-order valence-electron chi connectivity index (χ4n) is 3.48. The number of aromatic nitrogens is 1. The molecular weight excluding hydrogens is 442 g/mol. The third-order valence-corrected chi connectivity index (χ3v) is 5.04. The second-order valence-electron chi connectivity index (χ2n) is 8.12. The third kappa shape index (κ3) is 5.74. The predicted octanol–water partition coefficient (Wildman–Crippen LogP) is 4.19. The highest BCUT2D eigenvalue weighted by Gasteiger charge is 2.20. The minimum Gasteiger partial charge on any atom is -0.378 e. The van der Waals surface area contributed by atoms with Crippen molar-refractivity contribution in [3.63, 3.8) is 0 Å². The topological polar surface area (TPSA) is 103 Å². The Labute approximate surface area is 196 Å². The number of nitrogens with one attached hydrogen (secondary N) is 3. The summed E-state index contributed by atoms with van der Waals surface area (Å²) in [5.74, 6) is -2.41. The largest absolute Gasteiger partial charge is 0.378 e. The maximum atomic E-state index is 13.4. The Morgan fingerprint density at radius 1 is 1.03 bits per heavy atom. The molecule has 0 unspecified atom stereocenters. The van der Waals surface area contributed by atoms with Gasteiger partial charge in [-0.1, -0.05) is 6.07 Å². The minimum atomic E-state index is -1.74. The van der Waals surface area contributed by atoms with E-state index in [1.54, 1.807) is 37.5 Å². The molecule has 1 aromatic heterocycles. The van der Waals surface area contributed by atoms with Crippen molar-refractivity contribution in [2.45, 2.75) is 32.9 Å². The zero-order valence-electron chi connectivity index (χ0n) is 19.2. The van der Waals surface area contributed by atoms with Gasteiger partial charge in [-0.2, -0.15) is 0 Å². The van der Waals surface area contributed by atoms with Crippen molar-refractivity contribution in [2.75, 3.05) is 17.7 Å². The molecule has 0 spiro atoms. The van der Waals surface area contributed by atoms with Gasteiger partial charge in [0.15, 0.2) is 6.10 Å². The lowest BCUT2D eigenvalue weighted by atomic mass is 9.99. The Morgan fingerprint density at radius 2 is 1.71 bits per heavy atom. The summed E-state index contributed by atoms with van der Waals surface area (Å²) in [6.45, 7) is 5.56. The molecule has 2 amide bonds. The van der Waals surface area contributed by atoms with Crippen molar-refractivity contribution in [2.24, 2.45) is 0 Å². The molecule has 3 aromatic rings. The molecule has 3 rings (SSSR count). The molecular formula is C25H26F2N4O3. The van der Waals surface area contributed by atoms with Gasteiger partial charge >= 0.3 is 0 Å². The van der Waals surface area contributed by atoms with Gasteiger partial charge in [0.25, 0.3) is 11.8 Å². The summed E-state index contributed by atoms with van der Waals surface area (Å²) in [5.41, 5.74) is 2.87. The zero-order valence-corrected chi connectivity index (χ0v) is 19.2. The van der Waals surface area contributed by atoms with Gasteiger partial charge in [-0.25, -0.2) is 13.8 Å². The van der Waals surface area contributed by atoms with E-state index in [0.717, 1.165) is 23.3 Å². The van der Waals surface area contributed by atoms with Gasteiger partial charge in [-0.05, 0) is 67.8 Å². The average Bonchev–Trinajstić information content (AvgIpc) is 2.77. The number of hydrogen-bond acceptors (Lipinski definition) is 5. The Bertz CT molecular complexity index is 1210. The molecule has 0 radical (unpaired) electrons. The van der Waals surface area contributed by atoms with E-state index in [4.69, 9.17) is 0 Å². The van der Waals surface area contributed by atoms with Crippen LogP contribution in [-0.2, 0) is 4.79 Å². The van der Waals surface area contributed by atoms with E-state index < -0.39 is 23.6 Å². The number of hydrogen-bond donors (Lipinski definition) is 4. The van der Waals surface area contributed by atoms with Gasteiger partial charge in [0, 0.05) is 36.6 Å². The minimum absolute atomic E-state index is 0.0373. The van der Waals surface area contributed by atoms with Crippen LogP contribution in [0.1, 0.15) is 41.4 Å². The maximum Gasteiger partial charge on any atom is 0.257 e. The van der Waals surface area contributed by atoms with Crippen LogP contribution in [0.5, 0.6) is 0 Å². The van der Waals surface area contributed by atoms with E-state index in [9.17, 15) is 23.5 Å². The van der Waals surface area contributed by atoms with Crippen molar-refractivity contribution in [1.29, 1.82) is 0 Å². The van der Waals surface area contributed by atoms with E-state index in [0.29, 0.717) is 28.7 Å². The van der Waals surface area contributed by atoms with Crippen molar-refractivity contribution in [3.8, 4) is 11.1 Å². The van der Waals surface area contributed by atoms with Crippen LogP contribution in [0.3, 0.4) is 0 Å². The molecule has 1 atom stereocenters. The van der Waals surface area contributed by atoms with Crippen molar-refractivity contribution in [3.05, 3.63) is 77.0 Å². The van der Waals surface area contributed by atoms with Gasteiger partial charge in [0.05, 0.1) is 5.56 Å². The first-order valence-electron chi connectivity index (χ1n) is 10.6. The van der Waals surface area contributed by atoms with Crippen molar-refractivity contribution >= 4 is 23.3 Å². The molecule has 9 heteroatoms. The Morgan fingerprint density at radius 3 is 2.29 bits per heavy atom. The van der Waals surface area contributed by atoms with Crippen LogP contribution in [0.4, 0.5) is 20.3 Å². The van der Waals surface area contributed by atoms with Crippen molar-refractivity contribution in [1.82, 2.24) is 10.3 Å². The third-order valence-electron chi connectivity index (χ3n) is 5.04. The lowest BCUT2D eigenvalue weighted by Gasteiger charge is -2.15. The van der Waals surface area contributed by atoms with Crippen LogP contribution in [0.15, 0.2) is 48.7 Å².